The molecule has 76 heavy (non-hydrogen) atoms. The average Bonchev–Trinajstić information content (AvgIpc) is 4.31. The van der Waals surface area contributed by atoms with Gasteiger partial charge in [0.15, 0.2) is 22.3 Å². The Bertz CT molecular complexity index is 4840. The maximum atomic E-state index is 7.11. The van der Waals surface area contributed by atoms with E-state index in [4.69, 9.17) is 17.7 Å². The lowest BCUT2D eigenvalue weighted by Gasteiger charge is -2.31. The summed E-state index contributed by atoms with van der Waals surface area (Å²) in [5, 5.41) is 15.5. The van der Waals surface area contributed by atoms with Gasteiger partial charge in [-0.1, -0.05) is 158 Å². The molecule has 362 valence electrons. The van der Waals surface area contributed by atoms with Gasteiger partial charge in [0.05, 0.1) is 34.1 Å². The van der Waals surface area contributed by atoms with Crippen molar-refractivity contribution in [2.24, 2.45) is 0 Å². The summed E-state index contributed by atoms with van der Waals surface area (Å²) < 4.78 is 28.2. The van der Waals surface area contributed by atoms with Crippen LogP contribution in [0.15, 0.2) is 200 Å². The molecule has 0 saturated carbocycles. The minimum absolute atomic E-state index is 0.828. The fourth-order valence-corrected chi connectivity index (χ4v) is 12.9. The molecule has 0 radical (unpaired) electrons. The lowest BCUT2D eigenvalue weighted by molar-refractivity contribution is 0.663. The Morgan fingerprint density at radius 3 is 0.961 bits per heavy atom. The van der Waals surface area contributed by atoms with Gasteiger partial charge in [-0.15, -0.1) is 0 Å². The number of fused-ring (bicyclic) bond motifs is 12. The second-order valence-corrected chi connectivity index (χ2v) is 21.0. The minimum Gasteiger partial charge on any atom is -0.454 e. The lowest BCUT2D eigenvalue weighted by atomic mass is 9.91. The maximum Gasteiger partial charge on any atom is 0.159 e. The normalized spacial score (nSPS) is 12.3. The summed E-state index contributed by atoms with van der Waals surface area (Å²) in [6.45, 7) is 13.0. The fraction of sp³-hybridized carbons (Fsp3) is 0.0857. The Morgan fingerprint density at radius 2 is 0.553 bits per heavy atom. The first-order chi connectivity index (χ1) is 37.2. The van der Waals surface area contributed by atoms with Crippen LogP contribution < -0.4 is 9.80 Å². The number of benzene rings is 12. The van der Waals surface area contributed by atoms with E-state index in [9.17, 15) is 0 Å². The molecule has 0 aliphatic carbocycles. The summed E-state index contributed by atoms with van der Waals surface area (Å²) in [6.07, 6.45) is 0. The molecular weight excluding hydrogens is 933 g/mol. The predicted molar refractivity (Wildman–Crippen MR) is 317 cm³/mol. The van der Waals surface area contributed by atoms with Crippen LogP contribution in [0.5, 0.6) is 0 Å². The molecule has 16 aromatic rings. The molecule has 0 aliphatic heterocycles. The van der Waals surface area contributed by atoms with Crippen LogP contribution in [-0.4, -0.2) is 0 Å². The summed E-state index contributed by atoms with van der Waals surface area (Å²) in [7, 11) is 0. The molecule has 0 amide bonds. The van der Waals surface area contributed by atoms with E-state index in [0.29, 0.717) is 0 Å². The third-order valence-corrected chi connectivity index (χ3v) is 16.5. The second kappa shape index (κ2) is 15.5. The quantitative estimate of drug-likeness (QED) is 0.155. The average molecular weight is 981 g/mol. The highest BCUT2D eigenvalue weighted by Crippen LogP contribution is 2.55. The molecule has 16 rings (SSSR count). The van der Waals surface area contributed by atoms with Crippen molar-refractivity contribution in [1.82, 2.24) is 0 Å². The van der Waals surface area contributed by atoms with E-state index >= 15 is 0 Å². The van der Waals surface area contributed by atoms with Crippen molar-refractivity contribution in [2.45, 2.75) is 41.5 Å². The highest BCUT2D eigenvalue weighted by atomic mass is 16.3. The number of furan rings is 4. The Morgan fingerprint density at radius 1 is 0.237 bits per heavy atom. The molecule has 0 unspecified atom stereocenters. The molecule has 0 bridgehead atoms. The van der Waals surface area contributed by atoms with E-state index < -0.39 is 0 Å². The molecule has 0 spiro atoms. The fourth-order valence-electron chi connectivity index (χ4n) is 12.9. The summed E-state index contributed by atoms with van der Waals surface area (Å²) >= 11 is 0. The number of para-hydroxylation sites is 4. The van der Waals surface area contributed by atoms with E-state index in [1.807, 2.05) is 12.1 Å². The van der Waals surface area contributed by atoms with Crippen molar-refractivity contribution < 1.29 is 17.7 Å². The van der Waals surface area contributed by atoms with Crippen LogP contribution in [0.25, 0.3) is 120 Å². The zero-order valence-corrected chi connectivity index (χ0v) is 42.8. The minimum atomic E-state index is 0.828. The summed E-state index contributed by atoms with van der Waals surface area (Å²) in [6, 6.07) is 65.7. The molecule has 0 saturated heterocycles. The molecule has 0 aliphatic rings. The van der Waals surface area contributed by atoms with Crippen molar-refractivity contribution in [3.05, 3.63) is 215 Å². The zero-order valence-electron chi connectivity index (χ0n) is 42.8. The number of rotatable bonds is 6. The number of hydrogen-bond acceptors (Lipinski definition) is 6. The predicted octanol–water partition coefficient (Wildman–Crippen LogP) is 21.0. The van der Waals surface area contributed by atoms with E-state index in [0.717, 1.165) is 177 Å². The van der Waals surface area contributed by atoms with Crippen LogP contribution in [0.4, 0.5) is 34.1 Å². The Balaban J connectivity index is 1.03. The van der Waals surface area contributed by atoms with E-state index in [-0.39, 0.29) is 0 Å². The Hall–Kier alpha value is -9.52. The van der Waals surface area contributed by atoms with Crippen LogP contribution in [0.3, 0.4) is 0 Å². The molecule has 6 nitrogen and oxygen atoms in total. The summed E-state index contributed by atoms with van der Waals surface area (Å²) in [5.41, 5.74) is 19.3. The second-order valence-electron chi connectivity index (χ2n) is 21.0. The zero-order chi connectivity index (χ0) is 50.8. The first-order valence-electron chi connectivity index (χ1n) is 26.2. The van der Waals surface area contributed by atoms with Crippen LogP contribution in [0.2, 0.25) is 0 Å². The van der Waals surface area contributed by atoms with Gasteiger partial charge in [0.1, 0.15) is 22.3 Å². The molecule has 0 N–H and O–H groups in total. The number of hydrogen-bond donors (Lipinski definition) is 0. The summed E-state index contributed by atoms with van der Waals surface area (Å²) in [5.74, 6) is 0. The Kier molecular flexibility index (Phi) is 8.76. The molecule has 4 heterocycles. The number of aryl methyl sites for hydroxylation is 6. The van der Waals surface area contributed by atoms with Crippen LogP contribution in [0.1, 0.15) is 33.4 Å². The molecule has 0 fully saturated rings. The molecule has 0 atom stereocenters. The van der Waals surface area contributed by atoms with Gasteiger partial charge in [-0.25, -0.2) is 0 Å². The first-order valence-corrected chi connectivity index (χ1v) is 26.2. The van der Waals surface area contributed by atoms with Crippen molar-refractivity contribution in [1.29, 1.82) is 0 Å². The third-order valence-electron chi connectivity index (χ3n) is 16.5. The van der Waals surface area contributed by atoms with Crippen molar-refractivity contribution in [3.8, 4) is 0 Å². The highest BCUT2D eigenvalue weighted by molar-refractivity contribution is 6.30. The summed E-state index contributed by atoms with van der Waals surface area (Å²) in [4.78, 5) is 4.88. The van der Waals surface area contributed by atoms with Gasteiger partial charge in [0, 0.05) is 53.9 Å². The van der Waals surface area contributed by atoms with Gasteiger partial charge < -0.3 is 27.5 Å². The molecular formula is C70H48N2O4. The van der Waals surface area contributed by atoms with Gasteiger partial charge >= 0.3 is 0 Å². The van der Waals surface area contributed by atoms with Crippen molar-refractivity contribution in [2.75, 3.05) is 9.80 Å². The largest absolute Gasteiger partial charge is 0.454 e. The van der Waals surface area contributed by atoms with Gasteiger partial charge in [0.2, 0.25) is 0 Å². The number of nitrogens with zero attached hydrogens (tertiary/aromatic N) is 2. The molecule has 12 aromatic carbocycles. The van der Waals surface area contributed by atoms with Crippen molar-refractivity contribution in [3.63, 3.8) is 0 Å². The standard InChI is InChI=1S/C70H48N2O4/c1-37-21-29-49-45-15-7-9-19-57(45)73-67(49)61(37)71(63-39(3)23-31-51-47-17-11-13-41(5)65(47)75-69(51)63)55-35-27-43-26-34-54-56(36-28-44-25-33-53(55)59(43)60(44)54)72(62-38(2)22-30-50-46-16-8-10-20-58(46)74-68(50)62)64-40(4)24-32-52-48-18-12-14-42(6)66(48)76-70(52)64/h7-36H,1-6H3. The third kappa shape index (κ3) is 5.76. The number of anilines is 6. The van der Waals surface area contributed by atoms with E-state index in [2.05, 4.69) is 221 Å². The smallest absolute Gasteiger partial charge is 0.159 e. The van der Waals surface area contributed by atoms with Gasteiger partial charge in [-0.2, -0.15) is 0 Å². The SMILES string of the molecule is Cc1ccc2c(oc3ccccc32)c1N(c1ccc2ccc3c(N(c4c(C)ccc5c4oc4ccccc45)c4c(C)ccc5c4oc4c(C)cccc45)ccc4ccc1c2c43)c1c(C)ccc2c1oc1c(C)cccc12. The van der Waals surface area contributed by atoms with Gasteiger partial charge in [-0.05, 0) is 121 Å². The van der Waals surface area contributed by atoms with Gasteiger partial charge in [0.25, 0.3) is 0 Å². The van der Waals surface area contributed by atoms with Crippen LogP contribution in [-0.2, 0) is 0 Å². The monoisotopic (exact) mass is 980 g/mol. The van der Waals surface area contributed by atoms with Crippen LogP contribution in [0, 0.1) is 41.5 Å². The Labute approximate surface area is 436 Å². The highest BCUT2D eigenvalue weighted by Gasteiger charge is 2.31. The van der Waals surface area contributed by atoms with E-state index in [1.54, 1.807) is 0 Å². The lowest BCUT2D eigenvalue weighted by Crippen LogP contribution is -2.15. The molecule has 6 heteroatoms. The van der Waals surface area contributed by atoms with E-state index in [1.165, 1.54) is 10.8 Å². The van der Waals surface area contributed by atoms with Crippen molar-refractivity contribution >= 4 is 154 Å². The molecule has 4 aromatic heterocycles. The first kappa shape index (κ1) is 42.9. The maximum absolute atomic E-state index is 7.11. The van der Waals surface area contributed by atoms with Crippen LogP contribution >= 0.6 is 0 Å². The van der Waals surface area contributed by atoms with Gasteiger partial charge in [-0.3, -0.25) is 0 Å². The topological polar surface area (TPSA) is 59.0 Å².